The lowest BCUT2D eigenvalue weighted by Crippen LogP contribution is -2.45. The van der Waals surface area contributed by atoms with Gasteiger partial charge >= 0.3 is 0 Å². The number of nitrogens with one attached hydrogen (secondary N) is 1. The van der Waals surface area contributed by atoms with Gasteiger partial charge in [0.25, 0.3) is 0 Å². The maximum Gasteiger partial charge on any atom is 0.229 e. The van der Waals surface area contributed by atoms with E-state index in [1.807, 2.05) is 24.4 Å². The van der Waals surface area contributed by atoms with Gasteiger partial charge in [-0.15, -0.1) is 0 Å². The summed E-state index contributed by atoms with van der Waals surface area (Å²) in [5.41, 5.74) is 3.11. The summed E-state index contributed by atoms with van der Waals surface area (Å²) in [5, 5.41) is 3.07. The van der Waals surface area contributed by atoms with Crippen LogP contribution in [0.3, 0.4) is 0 Å². The Hall–Kier alpha value is -3.17. The summed E-state index contributed by atoms with van der Waals surface area (Å²) >= 11 is 0. The smallest absolute Gasteiger partial charge is 0.229 e. The highest BCUT2D eigenvalue weighted by molar-refractivity contribution is 5.71. The number of piperazine rings is 1. The molecule has 196 valence electrons. The Morgan fingerprint density at radius 1 is 0.946 bits per heavy atom. The second-order valence-corrected chi connectivity index (χ2v) is 10.1. The summed E-state index contributed by atoms with van der Waals surface area (Å²) < 4.78 is 29.9. The molecule has 2 aliphatic heterocycles. The van der Waals surface area contributed by atoms with Crippen LogP contribution < -0.4 is 10.2 Å². The van der Waals surface area contributed by atoms with E-state index < -0.39 is 5.82 Å². The molecule has 1 saturated heterocycles. The SMILES string of the molecule is CCN1CCN(Cc2ccc(Nc3ncc(F)c(-c4cc(F)c5c(c4)N(C(C)C)CCC5)n3)nc2)CC1. The molecule has 9 heteroatoms. The van der Waals surface area contributed by atoms with E-state index in [9.17, 15) is 4.39 Å². The van der Waals surface area contributed by atoms with Gasteiger partial charge in [-0.3, -0.25) is 4.90 Å². The molecule has 0 amide bonds. The molecule has 1 aromatic carbocycles. The third-order valence-electron chi connectivity index (χ3n) is 7.33. The molecule has 1 N–H and O–H groups in total. The van der Waals surface area contributed by atoms with Crippen LogP contribution in [-0.2, 0) is 13.0 Å². The number of fused-ring (bicyclic) bond motifs is 1. The number of hydrogen-bond donors (Lipinski definition) is 1. The predicted octanol–water partition coefficient (Wildman–Crippen LogP) is 4.86. The number of pyridine rings is 1. The van der Waals surface area contributed by atoms with Crippen molar-refractivity contribution in [3.05, 3.63) is 59.4 Å². The van der Waals surface area contributed by atoms with Gasteiger partial charge in [0, 0.05) is 68.3 Å². The molecule has 0 aliphatic carbocycles. The third kappa shape index (κ3) is 5.72. The Bertz CT molecular complexity index is 1220. The molecule has 0 spiro atoms. The Balaban J connectivity index is 1.32. The first kappa shape index (κ1) is 25.5. The number of rotatable bonds is 7. The van der Waals surface area contributed by atoms with Gasteiger partial charge in [0.1, 0.15) is 17.3 Å². The van der Waals surface area contributed by atoms with Gasteiger partial charge in [0.15, 0.2) is 5.82 Å². The summed E-state index contributed by atoms with van der Waals surface area (Å²) in [4.78, 5) is 20.0. The van der Waals surface area contributed by atoms with Crippen molar-refractivity contribution in [2.75, 3.05) is 49.5 Å². The number of likely N-dealkylation sites (N-methyl/N-ethyl adjacent to an activating group) is 1. The van der Waals surface area contributed by atoms with Gasteiger partial charge in [0.2, 0.25) is 5.95 Å². The molecular formula is C28H35F2N7. The number of anilines is 3. The van der Waals surface area contributed by atoms with Crippen LogP contribution in [0.15, 0.2) is 36.7 Å². The van der Waals surface area contributed by atoms with Crippen LogP contribution in [0.25, 0.3) is 11.3 Å². The first-order valence-corrected chi connectivity index (χ1v) is 13.2. The molecule has 3 aromatic rings. The molecule has 0 bridgehead atoms. The maximum atomic E-state index is 15.1. The molecular weight excluding hydrogens is 472 g/mol. The number of hydrogen-bond acceptors (Lipinski definition) is 7. The van der Waals surface area contributed by atoms with Crippen molar-refractivity contribution in [2.45, 2.75) is 46.2 Å². The lowest BCUT2D eigenvalue weighted by Gasteiger charge is -2.35. The molecule has 2 aromatic heterocycles. The van der Waals surface area contributed by atoms with Gasteiger partial charge in [-0.2, -0.15) is 0 Å². The summed E-state index contributed by atoms with van der Waals surface area (Å²) in [6, 6.07) is 7.36. The second kappa shape index (κ2) is 11.1. The zero-order valence-corrected chi connectivity index (χ0v) is 21.8. The largest absolute Gasteiger partial charge is 0.369 e. The van der Waals surface area contributed by atoms with Crippen molar-refractivity contribution in [3.8, 4) is 11.3 Å². The van der Waals surface area contributed by atoms with E-state index in [-0.39, 0.29) is 23.5 Å². The Morgan fingerprint density at radius 3 is 2.43 bits per heavy atom. The van der Waals surface area contributed by atoms with Crippen LogP contribution in [-0.4, -0.2) is 70.1 Å². The molecule has 7 nitrogen and oxygen atoms in total. The molecule has 1 fully saturated rings. The highest BCUT2D eigenvalue weighted by Gasteiger charge is 2.24. The lowest BCUT2D eigenvalue weighted by molar-refractivity contribution is 0.132. The van der Waals surface area contributed by atoms with Gasteiger partial charge in [-0.25, -0.2) is 23.7 Å². The molecule has 0 unspecified atom stereocenters. The summed E-state index contributed by atoms with van der Waals surface area (Å²) in [6.45, 7) is 13.5. The number of aromatic nitrogens is 3. The van der Waals surface area contributed by atoms with Gasteiger partial charge < -0.3 is 15.1 Å². The molecule has 4 heterocycles. The monoisotopic (exact) mass is 507 g/mol. The normalized spacial score (nSPS) is 16.8. The second-order valence-electron chi connectivity index (χ2n) is 10.1. The first-order valence-electron chi connectivity index (χ1n) is 13.2. The minimum absolute atomic E-state index is 0.0660. The number of benzene rings is 1. The topological polar surface area (TPSA) is 60.4 Å². The molecule has 37 heavy (non-hydrogen) atoms. The predicted molar refractivity (Wildman–Crippen MR) is 143 cm³/mol. The van der Waals surface area contributed by atoms with Crippen molar-refractivity contribution < 1.29 is 8.78 Å². The van der Waals surface area contributed by atoms with E-state index >= 15 is 4.39 Å². The van der Waals surface area contributed by atoms with E-state index in [0.717, 1.165) is 69.7 Å². The highest BCUT2D eigenvalue weighted by Crippen LogP contribution is 2.35. The van der Waals surface area contributed by atoms with Crippen LogP contribution in [0.5, 0.6) is 0 Å². The zero-order chi connectivity index (χ0) is 25.9. The number of halogens is 2. The molecule has 2 aliphatic rings. The third-order valence-corrected chi connectivity index (χ3v) is 7.33. The van der Waals surface area contributed by atoms with Crippen molar-refractivity contribution in [1.29, 1.82) is 0 Å². The van der Waals surface area contributed by atoms with Crippen molar-refractivity contribution in [2.24, 2.45) is 0 Å². The quantitative estimate of drug-likeness (QED) is 0.490. The van der Waals surface area contributed by atoms with Crippen molar-refractivity contribution in [3.63, 3.8) is 0 Å². The molecule has 5 rings (SSSR count). The van der Waals surface area contributed by atoms with E-state index in [1.54, 1.807) is 0 Å². The van der Waals surface area contributed by atoms with Crippen LogP contribution in [0.4, 0.5) is 26.2 Å². The standard InChI is InChI=1S/C28H35F2N7/c1-4-35-10-12-36(13-11-35)18-20-7-8-26(31-16-20)33-28-32-17-24(30)27(34-28)21-14-23(29)22-6-5-9-37(19(2)3)25(22)15-21/h7-8,14-17,19H,4-6,9-13,18H2,1-3H3,(H,31,32,33,34). The molecule has 0 saturated carbocycles. The summed E-state index contributed by atoms with van der Waals surface area (Å²) in [5.74, 6) is -0.132. The van der Waals surface area contributed by atoms with Crippen LogP contribution in [0, 0.1) is 11.6 Å². The van der Waals surface area contributed by atoms with Gasteiger partial charge in [-0.1, -0.05) is 13.0 Å². The average Bonchev–Trinajstić information content (AvgIpc) is 2.91. The van der Waals surface area contributed by atoms with Crippen molar-refractivity contribution in [1.82, 2.24) is 24.8 Å². The number of nitrogens with zero attached hydrogens (tertiary/aromatic N) is 6. The van der Waals surface area contributed by atoms with Gasteiger partial charge in [0.05, 0.1) is 6.20 Å². The minimum Gasteiger partial charge on any atom is -0.369 e. The van der Waals surface area contributed by atoms with E-state index in [4.69, 9.17) is 0 Å². The fourth-order valence-corrected chi connectivity index (χ4v) is 5.20. The van der Waals surface area contributed by atoms with E-state index in [2.05, 4.69) is 55.7 Å². The van der Waals surface area contributed by atoms with Gasteiger partial charge in [-0.05, 0) is 57.0 Å². The van der Waals surface area contributed by atoms with E-state index in [0.29, 0.717) is 23.4 Å². The molecule has 0 atom stereocenters. The van der Waals surface area contributed by atoms with E-state index in [1.165, 1.54) is 6.07 Å². The fourth-order valence-electron chi connectivity index (χ4n) is 5.20. The Kier molecular flexibility index (Phi) is 7.62. The Labute approximate surface area is 217 Å². The lowest BCUT2D eigenvalue weighted by atomic mass is 9.96. The average molecular weight is 508 g/mol. The van der Waals surface area contributed by atoms with Crippen molar-refractivity contribution >= 4 is 17.5 Å². The van der Waals surface area contributed by atoms with Crippen LogP contribution in [0.2, 0.25) is 0 Å². The first-order chi connectivity index (χ1) is 17.9. The summed E-state index contributed by atoms with van der Waals surface area (Å²) in [6.07, 6.45) is 4.55. The molecule has 0 radical (unpaired) electrons. The fraction of sp³-hybridized carbons (Fsp3) is 0.464. The highest BCUT2D eigenvalue weighted by atomic mass is 19.1. The van der Waals surface area contributed by atoms with Crippen LogP contribution >= 0.6 is 0 Å². The minimum atomic E-state index is -0.594. The van der Waals surface area contributed by atoms with Crippen LogP contribution in [0.1, 0.15) is 38.3 Å². The summed E-state index contributed by atoms with van der Waals surface area (Å²) in [7, 11) is 0. The Morgan fingerprint density at radius 2 is 1.73 bits per heavy atom. The zero-order valence-electron chi connectivity index (χ0n) is 21.8. The maximum absolute atomic E-state index is 15.1.